The molecule has 0 bridgehead atoms. The van der Waals surface area contributed by atoms with Crippen LogP contribution in [0.5, 0.6) is 0 Å². The number of aliphatic hydroxyl groups is 4. The zero-order valence-electron chi connectivity index (χ0n) is 50.8. The summed E-state index contributed by atoms with van der Waals surface area (Å²) in [7, 11) is 0. The molecule has 0 aromatic heterocycles. The number of rotatable bonds is 58. The van der Waals surface area contributed by atoms with Crippen LogP contribution in [0.3, 0.4) is 0 Å². The predicted octanol–water partition coefficient (Wildman–Crippen LogP) is 15.0. The van der Waals surface area contributed by atoms with Gasteiger partial charge in [-0.15, -0.1) is 24.7 Å². The fourth-order valence-electron chi connectivity index (χ4n) is 11.4. The summed E-state index contributed by atoms with van der Waals surface area (Å²) in [6.45, 7) is 17.3. The lowest BCUT2D eigenvalue weighted by molar-refractivity contribution is 0.0400. The summed E-state index contributed by atoms with van der Waals surface area (Å²) >= 11 is 3.97. The van der Waals surface area contributed by atoms with E-state index in [9.17, 15) is 20.4 Å². The van der Waals surface area contributed by atoms with Gasteiger partial charge >= 0.3 is 0 Å². The third kappa shape index (κ3) is 44.2. The number of thioether (sulfide) groups is 2. The zero-order chi connectivity index (χ0) is 55.4. The van der Waals surface area contributed by atoms with Crippen molar-refractivity contribution in [2.45, 2.75) is 308 Å². The van der Waals surface area contributed by atoms with Gasteiger partial charge in [0.1, 0.15) is 0 Å². The lowest BCUT2D eigenvalue weighted by Gasteiger charge is -2.45. The zero-order valence-corrected chi connectivity index (χ0v) is 52.4. The van der Waals surface area contributed by atoms with E-state index in [1.54, 1.807) is 0 Å². The molecule has 0 spiro atoms. The second kappa shape index (κ2) is 55.1. The number of hydrogen-bond acceptors (Lipinski definition) is 10. The first kappa shape index (κ1) is 73.5. The number of hydrogen-bond donors (Lipinski definition) is 4. The fourth-order valence-corrected chi connectivity index (χ4v) is 13.3. The molecule has 1 aliphatic rings. The monoisotopic (exact) mass is 1100 g/mol. The van der Waals surface area contributed by atoms with Gasteiger partial charge in [-0.3, -0.25) is 19.6 Å². The van der Waals surface area contributed by atoms with Crippen LogP contribution < -0.4 is 0 Å². The standard InChI is InChI=1S/C66H128N4O4S2/c1-7-13-17-21-25-29-33-37-43-63(71)57-67(58-64(72)44-38-34-30-26-22-18-14-8-2)47-51-75-53-49-69-55-62(42-12-6)70(56-61(69)41-11-5)50-54-76-52-48-68(59-65(73)45-39-35-31-27-23-19-15-9-3)60-66(74)46-40-36-32-28-24-20-16-10-4/h5-6,61-66,71-74H,7-10,13-60H2,1-4H3. The molecular formula is C66H128N4O4S2. The smallest absolute Gasteiger partial charge is 0.0667 e. The highest BCUT2D eigenvalue weighted by Gasteiger charge is 2.32. The molecule has 0 aromatic carbocycles. The van der Waals surface area contributed by atoms with Crippen LogP contribution in [0, 0.1) is 24.7 Å². The van der Waals surface area contributed by atoms with Gasteiger partial charge in [-0.25, -0.2) is 0 Å². The van der Waals surface area contributed by atoms with Crippen molar-refractivity contribution in [3.05, 3.63) is 0 Å². The molecule has 1 aliphatic heterocycles. The van der Waals surface area contributed by atoms with Gasteiger partial charge in [0.2, 0.25) is 0 Å². The van der Waals surface area contributed by atoms with Gasteiger partial charge in [-0.1, -0.05) is 233 Å². The molecule has 1 saturated heterocycles. The van der Waals surface area contributed by atoms with Gasteiger partial charge in [0.15, 0.2) is 0 Å². The lowest BCUT2D eigenvalue weighted by atomic mass is 10.0. The van der Waals surface area contributed by atoms with Crippen LogP contribution in [0.1, 0.15) is 272 Å². The Balaban J connectivity index is 2.72. The molecule has 4 N–H and O–H groups in total. The Morgan fingerprint density at radius 2 is 0.618 bits per heavy atom. The van der Waals surface area contributed by atoms with Crippen LogP contribution >= 0.6 is 23.5 Å². The van der Waals surface area contributed by atoms with Crippen LogP contribution in [0.15, 0.2) is 0 Å². The van der Waals surface area contributed by atoms with E-state index in [2.05, 4.69) is 59.1 Å². The summed E-state index contributed by atoms with van der Waals surface area (Å²) in [5.41, 5.74) is 0. The van der Waals surface area contributed by atoms with Crippen molar-refractivity contribution < 1.29 is 20.4 Å². The average Bonchev–Trinajstić information content (AvgIpc) is 3.40. The maximum Gasteiger partial charge on any atom is 0.0667 e. The van der Waals surface area contributed by atoms with Crippen molar-refractivity contribution in [1.82, 2.24) is 19.6 Å². The van der Waals surface area contributed by atoms with Gasteiger partial charge in [0.25, 0.3) is 0 Å². The second-order valence-electron chi connectivity index (χ2n) is 23.5. The Morgan fingerprint density at radius 3 is 0.855 bits per heavy atom. The first-order chi connectivity index (χ1) is 37.2. The maximum absolute atomic E-state index is 11.2. The van der Waals surface area contributed by atoms with E-state index >= 15 is 0 Å². The van der Waals surface area contributed by atoms with E-state index in [1.165, 1.54) is 180 Å². The van der Waals surface area contributed by atoms with Crippen molar-refractivity contribution in [3.63, 3.8) is 0 Å². The highest BCUT2D eigenvalue weighted by molar-refractivity contribution is 7.99. The molecule has 1 fully saturated rings. The molecule has 8 nitrogen and oxygen atoms in total. The quantitative estimate of drug-likeness (QED) is 0.0349. The van der Waals surface area contributed by atoms with Crippen LogP contribution in [0.2, 0.25) is 0 Å². The molecule has 6 atom stereocenters. The highest BCUT2D eigenvalue weighted by atomic mass is 32.2. The minimum atomic E-state index is -0.344. The van der Waals surface area contributed by atoms with E-state index in [0.29, 0.717) is 38.3 Å². The second-order valence-corrected chi connectivity index (χ2v) is 26.0. The van der Waals surface area contributed by atoms with Crippen LogP contribution in [-0.4, -0.2) is 165 Å². The Bertz CT molecular complexity index is 1150. The number of unbranched alkanes of at least 4 members (excludes halogenated alkanes) is 28. The van der Waals surface area contributed by atoms with Crippen LogP contribution in [0.25, 0.3) is 0 Å². The van der Waals surface area contributed by atoms with Gasteiger partial charge in [0.05, 0.1) is 24.4 Å². The number of piperazine rings is 1. The van der Waals surface area contributed by atoms with Gasteiger partial charge in [-0.2, -0.15) is 23.5 Å². The average molecular weight is 1110 g/mol. The molecule has 0 aliphatic carbocycles. The van der Waals surface area contributed by atoms with E-state index in [4.69, 9.17) is 12.8 Å². The van der Waals surface area contributed by atoms with Gasteiger partial charge < -0.3 is 20.4 Å². The molecule has 448 valence electrons. The number of terminal acetylenes is 2. The van der Waals surface area contributed by atoms with Gasteiger partial charge in [-0.05, 0) is 25.7 Å². The third-order valence-corrected chi connectivity index (χ3v) is 18.1. The summed E-state index contributed by atoms with van der Waals surface area (Å²) < 4.78 is 0. The fraction of sp³-hybridized carbons (Fsp3) is 0.939. The molecule has 0 amide bonds. The minimum absolute atomic E-state index is 0.305. The third-order valence-electron chi connectivity index (χ3n) is 16.2. The van der Waals surface area contributed by atoms with Crippen molar-refractivity contribution in [2.75, 3.05) is 88.5 Å². The van der Waals surface area contributed by atoms with E-state index in [0.717, 1.165) is 126 Å². The minimum Gasteiger partial charge on any atom is -0.392 e. The first-order valence-electron chi connectivity index (χ1n) is 32.9. The van der Waals surface area contributed by atoms with Crippen LogP contribution in [-0.2, 0) is 0 Å². The number of nitrogens with zero attached hydrogens (tertiary/aromatic N) is 4. The van der Waals surface area contributed by atoms with E-state index in [1.807, 2.05) is 23.5 Å². The molecule has 76 heavy (non-hydrogen) atoms. The summed E-state index contributed by atoms with van der Waals surface area (Å²) in [6, 6.07) is 0.611. The molecular weight excluding hydrogens is 977 g/mol. The predicted molar refractivity (Wildman–Crippen MR) is 338 cm³/mol. The molecule has 0 saturated carbocycles. The molecule has 6 unspecified atom stereocenters. The van der Waals surface area contributed by atoms with Crippen molar-refractivity contribution in [2.24, 2.45) is 0 Å². The largest absolute Gasteiger partial charge is 0.392 e. The topological polar surface area (TPSA) is 93.9 Å². The Hall–Kier alpha value is -0.500. The van der Waals surface area contributed by atoms with E-state index in [-0.39, 0.29) is 24.4 Å². The molecule has 1 rings (SSSR count). The Kier molecular flexibility index (Phi) is 53.3. The summed E-state index contributed by atoms with van der Waals surface area (Å²) in [5, 5.41) is 44.7. The van der Waals surface area contributed by atoms with Crippen molar-refractivity contribution in [1.29, 1.82) is 0 Å². The Labute approximate surface area is 482 Å². The first-order valence-corrected chi connectivity index (χ1v) is 35.2. The van der Waals surface area contributed by atoms with Crippen LogP contribution in [0.4, 0.5) is 0 Å². The normalized spacial score (nSPS) is 17.1. The highest BCUT2D eigenvalue weighted by Crippen LogP contribution is 2.23. The lowest BCUT2D eigenvalue weighted by Crippen LogP contribution is -2.58. The SMILES string of the molecule is C#CCC1CN(CCSCCN(CC(O)CCCCCCCCCC)CC(O)CCCCCCCCCC)C(CC#C)CN1CCSCCN(CC(O)CCCCCCCCCC)CC(O)CCCCCCCCCC. The summed E-state index contributed by atoms with van der Waals surface area (Å²) in [5.74, 6) is 10.0. The molecule has 0 radical (unpaired) electrons. The summed E-state index contributed by atoms with van der Waals surface area (Å²) in [4.78, 5) is 9.90. The Morgan fingerprint density at radius 1 is 0.382 bits per heavy atom. The molecule has 1 heterocycles. The molecule has 10 heteroatoms. The maximum atomic E-state index is 11.2. The summed E-state index contributed by atoms with van der Waals surface area (Å²) in [6.07, 6.45) is 56.3. The number of aliphatic hydroxyl groups excluding tert-OH is 4. The van der Waals surface area contributed by atoms with Crippen molar-refractivity contribution in [3.8, 4) is 24.7 Å². The molecule has 0 aromatic rings. The van der Waals surface area contributed by atoms with Crippen molar-refractivity contribution >= 4 is 23.5 Å². The van der Waals surface area contributed by atoms with E-state index < -0.39 is 0 Å². The van der Waals surface area contributed by atoms with Gasteiger partial charge in [0, 0.05) is 113 Å².